The third-order valence-corrected chi connectivity index (χ3v) is 5.41. The second kappa shape index (κ2) is 7.81. The molecule has 1 aromatic rings. The highest BCUT2D eigenvalue weighted by Crippen LogP contribution is 2.23. The number of rotatable bonds is 5. The second-order valence-electron chi connectivity index (χ2n) is 4.90. The molecular formula is C15H20ClNO3S. The van der Waals surface area contributed by atoms with Gasteiger partial charge in [-0.1, -0.05) is 43.7 Å². The van der Waals surface area contributed by atoms with Gasteiger partial charge in [-0.05, 0) is 31.0 Å². The van der Waals surface area contributed by atoms with Crippen molar-refractivity contribution in [2.75, 3.05) is 6.61 Å². The van der Waals surface area contributed by atoms with Crippen LogP contribution in [0.15, 0.2) is 23.1 Å². The summed E-state index contributed by atoms with van der Waals surface area (Å²) < 4.78 is 27.3. The van der Waals surface area contributed by atoms with Gasteiger partial charge in [0.25, 0.3) is 0 Å². The molecule has 0 aliphatic carbocycles. The summed E-state index contributed by atoms with van der Waals surface area (Å²) >= 11 is 6.04. The van der Waals surface area contributed by atoms with Gasteiger partial charge in [-0.25, -0.2) is 13.1 Å². The first-order valence-electron chi connectivity index (χ1n) is 6.73. The maximum Gasteiger partial charge on any atom is 0.242 e. The lowest BCUT2D eigenvalue weighted by Gasteiger charge is -2.20. The fourth-order valence-electron chi connectivity index (χ4n) is 1.72. The Morgan fingerprint density at radius 3 is 2.57 bits per heavy atom. The summed E-state index contributed by atoms with van der Waals surface area (Å²) in [6.45, 7) is 5.58. The molecule has 0 aliphatic heterocycles. The lowest BCUT2D eigenvalue weighted by Crippen LogP contribution is -2.37. The zero-order chi connectivity index (χ0) is 16.0. The molecule has 1 aromatic carbocycles. The lowest BCUT2D eigenvalue weighted by atomic mass is 10.0. The molecule has 116 valence electrons. The van der Waals surface area contributed by atoms with Gasteiger partial charge < -0.3 is 5.11 Å². The Morgan fingerprint density at radius 2 is 2.05 bits per heavy atom. The van der Waals surface area contributed by atoms with E-state index in [1.54, 1.807) is 6.07 Å². The molecule has 21 heavy (non-hydrogen) atoms. The summed E-state index contributed by atoms with van der Waals surface area (Å²) in [6.07, 6.45) is 0.882. The van der Waals surface area contributed by atoms with E-state index in [1.165, 1.54) is 12.1 Å². The summed E-state index contributed by atoms with van der Waals surface area (Å²) in [4.78, 5) is 0.0360. The lowest BCUT2D eigenvalue weighted by molar-refractivity contribution is 0.350. The Labute approximate surface area is 131 Å². The van der Waals surface area contributed by atoms with Crippen molar-refractivity contribution in [1.82, 2.24) is 4.72 Å². The SMILES string of the molecule is CCC(C)C(C)NS(=O)(=O)c1ccc(C#CCO)cc1Cl. The molecule has 2 atom stereocenters. The molecule has 0 amide bonds. The van der Waals surface area contributed by atoms with Gasteiger partial charge in [-0.15, -0.1) is 0 Å². The van der Waals surface area contributed by atoms with Crippen LogP contribution in [-0.4, -0.2) is 26.2 Å². The summed E-state index contributed by atoms with van der Waals surface area (Å²) in [6, 6.07) is 4.30. The van der Waals surface area contributed by atoms with Crippen LogP contribution in [0, 0.1) is 17.8 Å². The molecular weight excluding hydrogens is 310 g/mol. The van der Waals surface area contributed by atoms with Gasteiger partial charge in [0.05, 0.1) is 5.02 Å². The number of benzene rings is 1. The molecule has 0 spiro atoms. The van der Waals surface area contributed by atoms with E-state index in [0.29, 0.717) is 5.56 Å². The van der Waals surface area contributed by atoms with Crippen molar-refractivity contribution in [3.63, 3.8) is 0 Å². The van der Waals surface area contributed by atoms with E-state index in [0.717, 1.165) is 6.42 Å². The minimum Gasteiger partial charge on any atom is -0.384 e. The molecule has 0 aromatic heterocycles. The first-order valence-corrected chi connectivity index (χ1v) is 8.59. The summed E-state index contributed by atoms with van der Waals surface area (Å²) in [5.74, 6) is 5.40. The standard InChI is InChI=1S/C15H20ClNO3S/c1-4-11(2)12(3)17-21(19,20)15-8-7-13(6-5-9-18)10-14(15)16/h7-8,10-12,17-18H,4,9H2,1-3H3. The van der Waals surface area contributed by atoms with Crippen LogP contribution >= 0.6 is 11.6 Å². The highest BCUT2D eigenvalue weighted by atomic mass is 35.5. The van der Waals surface area contributed by atoms with Crippen LogP contribution in [0.4, 0.5) is 0 Å². The molecule has 4 nitrogen and oxygen atoms in total. The second-order valence-corrected chi connectivity index (χ2v) is 6.99. The zero-order valence-corrected chi connectivity index (χ0v) is 13.9. The largest absolute Gasteiger partial charge is 0.384 e. The fourth-order valence-corrected chi connectivity index (χ4v) is 3.61. The van der Waals surface area contributed by atoms with E-state index < -0.39 is 10.0 Å². The highest BCUT2D eigenvalue weighted by Gasteiger charge is 2.22. The van der Waals surface area contributed by atoms with Crippen molar-refractivity contribution in [3.05, 3.63) is 28.8 Å². The van der Waals surface area contributed by atoms with E-state index in [2.05, 4.69) is 16.6 Å². The molecule has 0 heterocycles. The van der Waals surface area contributed by atoms with Crippen LogP contribution in [-0.2, 0) is 10.0 Å². The average molecular weight is 330 g/mol. The van der Waals surface area contributed by atoms with Crippen molar-refractivity contribution < 1.29 is 13.5 Å². The van der Waals surface area contributed by atoms with E-state index in [9.17, 15) is 8.42 Å². The Morgan fingerprint density at radius 1 is 1.38 bits per heavy atom. The van der Waals surface area contributed by atoms with E-state index >= 15 is 0 Å². The number of hydrogen-bond acceptors (Lipinski definition) is 3. The maximum absolute atomic E-state index is 12.3. The Bertz CT molecular complexity index is 647. The quantitative estimate of drug-likeness (QED) is 0.815. The first-order chi connectivity index (χ1) is 9.81. The predicted octanol–water partition coefficient (Wildman–Crippen LogP) is 2.40. The minimum absolute atomic E-state index is 0.0360. The number of aliphatic hydroxyl groups is 1. The molecule has 0 radical (unpaired) electrons. The smallest absolute Gasteiger partial charge is 0.242 e. The normalized spacial score (nSPS) is 14.1. The summed E-state index contributed by atoms with van der Waals surface area (Å²) in [7, 11) is -3.66. The van der Waals surface area contributed by atoms with Crippen LogP contribution in [0.25, 0.3) is 0 Å². The van der Waals surface area contributed by atoms with Crippen LogP contribution in [0.3, 0.4) is 0 Å². The van der Waals surface area contributed by atoms with Crippen molar-refractivity contribution in [3.8, 4) is 11.8 Å². The van der Waals surface area contributed by atoms with Crippen molar-refractivity contribution in [2.45, 2.75) is 38.1 Å². The van der Waals surface area contributed by atoms with Gasteiger partial charge in [0, 0.05) is 11.6 Å². The minimum atomic E-state index is -3.66. The van der Waals surface area contributed by atoms with E-state index in [-0.39, 0.29) is 28.5 Å². The zero-order valence-electron chi connectivity index (χ0n) is 12.4. The van der Waals surface area contributed by atoms with Crippen LogP contribution in [0.2, 0.25) is 5.02 Å². The Balaban J connectivity index is 3.04. The molecule has 0 aliphatic rings. The number of aliphatic hydroxyl groups excluding tert-OH is 1. The number of nitrogens with one attached hydrogen (secondary N) is 1. The molecule has 0 fully saturated rings. The summed E-state index contributed by atoms with van der Waals surface area (Å²) in [5, 5.41) is 8.76. The van der Waals surface area contributed by atoms with Gasteiger partial charge in [0.1, 0.15) is 11.5 Å². The molecule has 0 saturated carbocycles. The number of sulfonamides is 1. The molecule has 2 N–H and O–H groups in total. The fraction of sp³-hybridized carbons (Fsp3) is 0.467. The summed E-state index contributed by atoms with van der Waals surface area (Å²) in [5.41, 5.74) is 0.558. The van der Waals surface area contributed by atoms with Gasteiger partial charge in [0.15, 0.2) is 0 Å². The molecule has 0 bridgehead atoms. The van der Waals surface area contributed by atoms with Crippen molar-refractivity contribution >= 4 is 21.6 Å². The van der Waals surface area contributed by atoms with Crippen LogP contribution < -0.4 is 4.72 Å². The number of halogens is 1. The number of hydrogen-bond donors (Lipinski definition) is 2. The Kier molecular flexibility index (Phi) is 6.69. The first kappa shape index (κ1) is 18.0. The average Bonchev–Trinajstić information content (AvgIpc) is 2.43. The monoisotopic (exact) mass is 329 g/mol. The van der Waals surface area contributed by atoms with Crippen molar-refractivity contribution in [2.24, 2.45) is 5.92 Å². The third kappa shape index (κ3) is 5.01. The van der Waals surface area contributed by atoms with Crippen molar-refractivity contribution in [1.29, 1.82) is 0 Å². The maximum atomic E-state index is 12.3. The van der Waals surface area contributed by atoms with Gasteiger partial charge in [0.2, 0.25) is 10.0 Å². The van der Waals surface area contributed by atoms with Crippen LogP contribution in [0.5, 0.6) is 0 Å². The molecule has 0 saturated heterocycles. The Hall–Kier alpha value is -1.06. The molecule has 1 rings (SSSR count). The predicted molar refractivity (Wildman–Crippen MR) is 84.7 cm³/mol. The van der Waals surface area contributed by atoms with Gasteiger partial charge in [-0.3, -0.25) is 0 Å². The van der Waals surface area contributed by atoms with E-state index in [4.69, 9.17) is 16.7 Å². The van der Waals surface area contributed by atoms with Gasteiger partial charge >= 0.3 is 0 Å². The molecule has 6 heteroatoms. The highest BCUT2D eigenvalue weighted by molar-refractivity contribution is 7.89. The third-order valence-electron chi connectivity index (χ3n) is 3.37. The van der Waals surface area contributed by atoms with Crippen LogP contribution in [0.1, 0.15) is 32.8 Å². The van der Waals surface area contributed by atoms with Gasteiger partial charge in [-0.2, -0.15) is 0 Å². The van der Waals surface area contributed by atoms with E-state index in [1.807, 2.05) is 20.8 Å². The molecule has 2 unspecified atom stereocenters. The topological polar surface area (TPSA) is 66.4 Å².